The molecule has 6 nitrogen and oxygen atoms in total. The summed E-state index contributed by atoms with van der Waals surface area (Å²) in [7, 11) is 0. The van der Waals surface area contributed by atoms with Gasteiger partial charge in [0.05, 0.1) is 12.2 Å². The van der Waals surface area contributed by atoms with E-state index in [0.717, 1.165) is 29.9 Å². The number of likely N-dealkylation sites (tertiary alicyclic amines) is 1. The Labute approximate surface area is 146 Å². The molecule has 1 fully saturated rings. The predicted molar refractivity (Wildman–Crippen MR) is 94.5 cm³/mol. The maximum Gasteiger partial charge on any atom is 0.241 e. The Morgan fingerprint density at radius 2 is 1.96 bits per heavy atom. The quantitative estimate of drug-likeness (QED) is 0.726. The predicted octanol–water partition coefficient (Wildman–Crippen LogP) is 3.57. The molecule has 1 aromatic carbocycles. The molecule has 0 aliphatic carbocycles. The molecule has 1 saturated heterocycles. The minimum atomic E-state index is 0.580. The topological polar surface area (TPSA) is 67.9 Å². The Balaban J connectivity index is 1.48. The molecule has 2 aromatic heterocycles. The fourth-order valence-electron chi connectivity index (χ4n) is 3.25. The molecule has 1 aliphatic heterocycles. The van der Waals surface area contributed by atoms with Crippen LogP contribution in [0.4, 0.5) is 0 Å². The average Bonchev–Trinajstić information content (AvgIpc) is 3.13. The number of benzene rings is 1. The van der Waals surface area contributed by atoms with Crippen molar-refractivity contribution in [3.8, 4) is 22.6 Å². The lowest BCUT2D eigenvalue weighted by atomic mass is 10.0. The average molecular weight is 335 g/mol. The number of hydrogen-bond acceptors (Lipinski definition) is 6. The van der Waals surface area contributed by atoms with Crippen LogP contribution in [0.25, 0.3) is 22.6 Å². The standard InChI is InChI=1S/C19H21N5O/c1-14-4-2-3-11-24(14)12-18-22-19(23-25-18)16-7-5-15(6-8-16)17-9-10-20-13-21-17/h5-10,13-14H,2-4,11-12H2,1H3/t14-/m1/s1. The van der Waals surface area contributed by atoms with Crippen molar-refractivity contribution >= 4 is 0 Å². The van der Waals surface area contributed by atoms with E-state index in [1.165, 1.54) is 19.3 Å². The summed E-state index contributed by atoms with van der Waals surface area (Å²) >= 11 is 0. The molecule has 1 aliphatic rings. The molecule has 0 unspecified atom stereocenters. The van der Waals surface area contributed by atoms with Crippen LogP contribution < -0.4 is 0 Å². The zero-order valence-electron chi connectivity index (χ0n) is 14.3. The third kappa shape index (κ3) is 3.58. The Bertz CT molecular complexity index is 815. The van der Waals surface area contributed by atoms with Gasteiger partial charge in [0, 0.05) is 23.4 Å². The van der Waals surface area contributed by atoms with E-state index in [2.05, 4.69) is 31.9 Å². The molecule has 0 saturated carbocycles. The first-order valence-corrected chi connectivity index (χ1v) is 8.73. The van der Waals surface area contributed by atoms with Gasteiger partial charge in [0.25, 0.3) is 0 Å². The zero-order chi connectivity index (χ0) is 17.1. The van der Waals surface area contributed by atoms with E-state index in [1.54, 1.807) is 12.5 Å². The molecule has 3 aromatic rings. The minimum Gasteiger partial charge on any atom is -0.338 e. The van der Waals surface area contributed by atoms with E-state index in [1.807, 2.05) is 30.3 Å². The number of rotatable bonds is 4. The molecule has 1 atom stereocenters. The van der Waals surface area contributed by atoms with E-state index in [9.17, 15) is 0 Å². The maximum absolute atomic E-state index is 5.46. The van der Waals surface area contributed by atoms with E-state index >= 15 is 0 Å². The van der Waals surface area contributed by atoms with Gasteiger partial charge in [-0.05, 0) is 32.4 Å². The number of nitrogens with zero attached hydrogens (tertiary/aromatic N) is 5. The molecule has 0 N–H and O–H groups in total. The third-order valence-electron chi connectivity index (χ3n) is 4.77. The van der Waals surface area contributed by atoms with Gasteiger partial charge in [-0.25, -0.2) is 9.97 Å². The van der Waals surface area contributed by atoms with Gasteiger partial charge in [0.2, 0.25) is 11.7 Å². The molecule has 25 heavy (non-hydrogen) atoms. The Hall–Kier alpha value is -2.60. The minimum absolute atomic E-state index is 0.580. The lowest BCUT2D eigenvalue weighted by Gasteiger charge is -2.31. The first kappa shape index (κ1) is 15.9. The molecule has 0 amide bonds. The summed E-state index contributed by atoms with van der Waals surface area (Å²) in [5.74, 6) is 1.32. The fourth-order valence-corrected chi connectivity index (χ4v) is 3.25. The molecule has 0 radical (unpaired) electrons. The fraction of sp³-hybridized carbons (Fsp3) is 0.368. The molecule has 4 rings (SSSR count). The zero-order valence-corrected chi connectivity index (χ0v) is 14.3. The van der Waals surface area contributed by atoms with Crippen LogP contribution in [0.1, 0.15) is 32.1 Å². The van der Waals surface area contributed by atoms with Crippen LogP contribution in [0.3, 0.4) is 0 Å². The summed E-state index contributed by atoms with van der Waals surface area (Å²) < 4.78 is 5.46. The molecule has 0 bridgehead atoms. The summed E-state index contributed by atoms with van der Waals surface area (Å²) in [6.45, 7) is 4.10. The lowest BCUT2D eigenvalue weighted by molar-refractivity contribution is 0.135. The smallest absolute Gasteiger partial charge is 0.241 e. The highest BCUT2D eigenvalue weighted by Crippen LogP contribution is 2.23. The molecular formula is C19H21N5O. The largest absolute Gasteiger partial charge is 0.338 e. The Morgan fingerprint density at radius 1 is 1.12 bits per heavy atom. The number of piperidine rings is 1. The van der Waals surface area contributed by atoms with Gasteiger partial charge in [-0.1, -0.05) is 35.8 Å². The molecule has 0 spiro atoms. The van der Waals surface area contributed by atoms with E-state index in [0.29, 0.717) is 17.8 Å². The van der Waals surface area contributed by atoms with Crippen LogP contribution in [-0.4, -0.2) is 37.6 Å². The van der Waals surface area contributed by atoms with Crippen molar-refractivity contribution < 1.29 is 4.52 Å². The summed E-state index contributed by atoms with van der Waals surface area (Å²) in [6.07, 6.45) is 7.09. The van der Waals surface area contributed by atoms with Crippen LogP contribution in [-0.2, 0) is 6.54 Å². The second-order valence-corrected chi connectivity index (χ2v) is 6.50. The normalized spacial score (nSPS) is 18.4. The Kier molecular flexibility index (Phi) is 4.52. The summed E-state index contributed by atoms with van der Waals surface area (Å²) in [6, 6.07) is 10.5. The van der Waals surface area contributed by atoms with Gasteiger partial charge in [0.15, 0.2) is 0 Å². The Morgan fingerprint density at radius 3 is 2.72 bits per heavy atom. The van der Waals surface area contributed by atoms with E-state index < -0.39 is 0 Å². The van der Waals surface area contributed by atoms with Gasteiger partial charge in [0.1, 0.15) is 6.33 Å². The molecule has 6 heteroatoms. The van der Waals surface area contributed by atoms with Crippen LogP contribution in [0, 0.1) is 0 Å². The monoisotopic (exact) mass is 335 g/mol. The van der Waals surface area contributed by atoms with Gasteiger partial charge < -0.3 is 4.52 Å². The van der Waals surface area contributed by atoms with Gasteiger partial charge >= 0.3 is 0 Å². The van der Waals surface area contributed by atoms with Crippen molar-refractivity contribution in [3.63, 3.8) is 0 Å². The second kappa shape index (κ2) is 7.11. The lowest BCUT2D eigenvalue weighted by Crippen LogP contribution is -2.36. The second-order valence-electron chi connectivity index (χ2n) is 6.50. The van der Waals surface area contributed by atoms with Crippen molar-refractivity contribution in [2.75, 3.05) is 6.54 Å². The molecular weight excluding hydrogens is 314 g/mol. The van der Waals surface area contributed by atoms with Gasteiger partial charge in [-0.3, -0.25) is 4.90 Å². The van der Waals surface area contributed by atoms with Gasteiger partial charge in [-0.2, -0.15) is 4.98 Å². The number of hydrogen-bond donors (Lipinski definition) is 0. The highest BCUT2D eigenvalue weighted by molar-refractivity contribution is 5.64. The van der Waals surface area contributed by atoms with Crippen LogP contribution >= 0.6 is 0 Å². The highest BCUT2D eigenvalue weighted by Gasteiger charge is 2.21. The van der Waals surface area contributed by atoms with Crippen molar-refractivity contribution in [2.24, 2.45) is 0 Å². The maximum atomic E-state index is 5.46. The van der Waals surface area contributed by atoms with Crippen LogP contribution in [0.2, 0.25) is 0 Å². The first-order chi connectivity index (χ1) is 12.3. The molecule has 3 heterocycles. The summed E-state index contributed by atoms with van der Waals surface area (Å²) in [4.78, 5) is 15.2. The molecule has 128 valence electrons. The first-order valence-electron chi connectivity index (χ1n) is 8.73. The van der Waals surface area contributed by atoms with E-state index in [-0.39, 0.29) is 0 Å². The van der Waals surface area contributed by atoms with Crippen LogP contribution in [0.5, 0.6) is 0 Å². The summed E-state index contributed by atoms with van der Waals surface area (Å²) in [5.41, 5.74) is 2.88. The third-order valence-corrected chi connectivity index (χ3v) is 4.77. The van der Waals surface area contributed by atoms with Crippen LogP contribution in [0.15, 0.2) is 47.4 Å². The van der Waals surface area contributed by atoms with E-state index in [4.69, 9.17) is 4.52 Å². The van der Waals surface area contributed by atoms with Crippen molar-refractivity contribution in [3.05, 3.63) is 48.7 Å². The SMILES string of the molecule is C[C@@H]1CCCCN1Cc1nc(-c2ccc(-c3ccncn3)cc2)no1. The number of aromatic nitrogens is 4. The summed E-state index contributed by atoms with van der Waals surface area (Å²) in [5, 5.41) is 4.14. The highest BCUT2D eigenvalue weighted by atomic mass is 16.5. The van der Waals surface area contributed by atoms with Crippen molar-refractivity contribution in [2.45, 2.75) is 38.8 Å². The van der Waals surface area contributed by atoms with Crippen molar-refractivity contribution in [1.82, 2.24) is 25.0 Å². The van der Waals surface area contributed by atoms with Crippen molar-refractivity contribution in [1.29, 1.82) is 0 Å². The van der Waals surface area contributed by atoms with Gasteiger partial charge in [-0.15, -0.1) is 0 Å².